The van der Waals surface area contributed by atoms with Crippen LogP contribution >= 0.6 is 23.2 Å². The Morgan fingerprint density at radius 3 is 2.58 bits per heavy atom. The Kier molecular flexibility index (Phi) is 4.75. The summed E-state index contributed by atoms with van der Waals surface area (Å²) in [6, 6.07) is 8.33. The van der Waals surface area contributed by atoms with E-state index in [1.54, 1.807) is 0 Å². The first-order chi connectivity index (χ1) is 9.08. The number of hydrogen-bond donors (Lipinski definition) is 1. The van der Waals surface area contributed by atoms with E-state index in [-0.39, 0.29) is 11.8 Å². The molecule has 0 heterocycles. The normalized spacial score (nSPS) is 18.8. The van der Waals surface area contributed by atoms with Gasteiger partial charge in [-0.1, -0.05) is 24.3 Å². The summed E-state index contributed by atoms with van der Waals surface area (Å²) in [4.78, 5) is 12.3. The number of alkyl halides is 2. The number of carbonyl (C=O) groups excluding carboxylic acids is 1. The second kappa shape index (κ2) is 6.15. The Hall–Kier alpha value is -0.730. The third kappa shape index (κ3) is 3.43. The molecule has 0 saturated carbocycles. The maximum atomic E-state index is 12.3. The van der Waals surface area contributed by atoms with E-state index < -0.39 is 5.54 Å². The van der Waals surface area contributed by atoms with Gasteiger partial charge >= 0.3 is 0 Å². The van der Waals surface area contributed by atoms with E-state index in [1.165, 1.54) is 11.1 Å². The monoisotopic (exact) mass is 299 g/mol. The molecule has 0 bridgehead atoms. The SMILES string of the molecule is CC(CCl)(CCl)NC(=O)C1CCc2ccccc2C1. The largest absolute Gasteiger partial charge is 0.348 e. The molecule has 19 heavy (non-hydrogen) atoms. The van der Waals surface area contributed by atoms with Crippen LogP contribution in [0.25, 0.3) is 0 Å². The van der Waals surface area contributed by atoms with E-state index in [4.69, 9.17) is 23.2 Å². The van der Waals surface area contributed by atoms with Crippen molar-refractivity contribution in [3.8, 4) is 0 Å². The average molecular weight is 300 g/mol. The Morgan fingerprint density at radius 2 is 1.95 bits per heavy atom. The van der Waals surface area contributed by atoms with Gasteiger partial charge in [0, 0.05) is 17.7 Å². The van der Waals surface area contributed by atoms with Crippen LogP contribution in [-0.4, -0.2) is 23.2 Å². The highest BCUT2D eigenvalue weighted by atomic mass is 35.5. The minimum absolute atomic E-state index is 0.0284. The maximum Gasteiger partial charge on any atom is 0.223 e. The number of benzene rings is 1. The molecule has 0 saturated heterocycles. The van der Waals surface area contributed by atoms with Gasteiger partial charge in [0.05, 0.1) is 5.54 Å². The highest BCUT2D eigenvalue weighted by Crippen LogP contribution is 2.26. The molecule has 0 aromatic heterocycles. The van der Waals surface area contributed by atoms with Gasteiger partial charge in [-0.25, -0.2) is 0 Å². The molecule has 104 valence electrons. The zero-order valence-corrected chi connectivity index (χ0v) is 12.6. The van der Waals surface area contributed by atoms with Crippen molar-refractivity contribution in [1.82, 2.24) is 5.32 Å². The van der Waals surface area contributed by atoms with Crippen molar-refractivity contribution in [1.29, 1.82) is 0 Å². The summed E-state index contributed by atoms with van der Waals surface area (Å²) in [6.07, 6.45) is 2.67. The van der Waals surface area contributed by atoms with Gasteiger partial charge in [-0.15, -0.1) is 23.2 Å². The number of carbonyl (C=O) groups is 1. The summed E-state index contributed by atoms with van der Waals surface area (Å²) in [5.41, 5.74) is 2.13. The smallest absolute Gasteiger partial charge is 0.223 e. The first kappa shape index (κ1) is 14.7. The number of hydrogen-bond acceptors (Lipinski definition) is 1. The molecule has 1 N–H and O–H groups in total. The molecule has 1 aromatic rings. The van der Waals surface area contributed by atoms with Crippen molar-refractivity contribution in [2.75, 3.05) is 11.8 Å². The lowest BCUT2D eigenvalue weighted by atomic mass is 9.83. The van der Waals surface area contributed by atoms with Gasteiger partial charge in [-0.05, 0) is 37.3 Å². The molecule has 0 aliphatic heterocycles. The molecule has 1 aromatic carbocycles. The fourth-order valence-electron chi connectivity index (χ4n) is 2.42. The van der Waals surface area contributed by atoms with E-state index >= 15 is 0 Å². The Bertz CT molecular complexity index is 457. The summed E-state index contributed by atoms with van der Waals surface area (Å²) in [5, 5.41) is 2.99. The first-order valence-corrected chi connectivity index (χ1v) is 7.65. The van der Waals surface area contributed by atoms with Gasteiger partial charge in [-0.3, -0.25) is 4.79 Å². The van der Waals surface area contributed by atoms with Crippen molar-refractivity contribution in [3.63, 3.8) is 0 Å². The van der Waals surface area contributed by atoms with Gasteiger partial charge in [0.1, 0.15) is 0 Å². The average Bonchev–Trinajstić information content (AvgIpc) is 2.46. The first-order valence-electron chi connectivity index (χ1n) is 6.59. The molecule has 1 atom stereocenters. The number of rotatable bonds is 4. The number of amides is 1. The minimum Gasteiger partial charge on any atom is -0.348 e. The minimum atomic E-state index is -0.517. The topological polar surface area (TPSA) is 29.1 Å². The van der Waals surface area contributed by atoms with Crippen molar-refractivity contribution in [3.05, 3.63) is 35.4 Å². The highest BCUT2D eigenvalue weighted by Gasteiger charge is 2.30. The fourth-order valence-corrected chi connectivity index (χ4v) is 2.84. The molecule has 1 unspecified atom stereocenters. The molecule has 0 radical (unpaired) electrons. The van der Waals surface area contributed by atoms with Crippen LogP contribution in [0.5, 0.6) is 0 Å². The van der Waals surface area contributed by atoms with Crippen LogP contribution in [0, 0.1) is 5.92 Å². The molecule has 1 aliphatic carbocycles. The quantitative estimate of drug-likeness (QED) is 0.850. The van der Waals surface area contributed by atoms with Crippen LogP contribution in [0.15, 0.2) is 24.3 Å². The third-order valence-electron chi connectivity index (χ3n) is 3.73. The molecule has 0 fully saturated rings. The van der Waals surface area contributed by atoms with Gasteiger partial charge in [-0.2, -0.15) is 0 Å². The predicted molar refractivity (Wildman–Crippen MR) is 79.9 cm³/mol. The fraction of sp³-hybridized carbons (Fsp3) is 0.533. The third-order valence-corrected chi connectivity index (χ3v) is 4.91. The highest BCUT2D eigenvalue weighted by molar-refractivity contribution is 6.22. The lowest BCUT2D eigenvalue weighted by Gasteiger charge is -2.30. The number of nitrogens with one attached hydrogen (secondary N) is 1. The maximum absolute atomic E-state index is 12.3. The molecule has 1 aliphatic rings. The molecule has 4 heteroatoms. The molecule has 2 rings (SSSR count). The molecular formula is C15H19Cl2NO. The number of aryl methyl sites for hydroxylation is 1. The zero-order chi connectivity index (χ0) is 13.9. The lowest BCUT2D eigenvalue weighted by molar-refractivity contribution is -0.126. The van der Waals surface area contributed by atoms with Crippen LogP contribution in [0.2, 0.25) is 0 Å². The molecular weight excluding hydrogens is 281 g/mol. The Morgan fingerprint density at radius 1 is 1.32 bits per heavy atom. The van der Waals surface area contributed by atoms with Crippen molar-refractivity contribution in [2.45, 2.75) is 31.7 Å². The second-order valence-corrected chi connectivity index (χ2v) is 6.06. The van der Waals surface area contributed by atoms with Crippen molar-refractivity contribution in [2.24, 2.45) is 5.92 Å². The van der Waals surface area contributed by atoms with E-state index in [1.807, 2.05) is 13.0 Å². The molecule has 1 amide bonds. The number of fused-ring (bicyclic) bond motifs is 1. The summed E-state index contributed by atoms with van der Waals surface area (Å²) in [7, 11) is 0. The van der Waals surface area contributed by atoms with Gasteiger partial charge in [0.25, 0.3) is 0 Å². The molecule has 0 spiro atoms. The van der Waals surface area contributed by atoms with E-state index in [9.17, 15) is 4.79 Å². The van der Waals surface area contributed by atoms with Crippen LogP contribution in [-0.2, 0) is 17.6 Å². The molecule has 2 nitrogen and oxygen atoms in total. The van der Waals surface area contributed by atoms with E-state index in [0.717, 1.165) is 19.3 Å². The van der Waals surface area contributed by atoms with Crippen LogP contribution in [0.1, 0.15) is 24.5 Å². The summed E-state index contributed by atoms with van der Waals surface area (Å²) >= 11 is 11.7. The lowest BCUT2D eigenvalue weighted by Crippen LogP contribution is -2.51. The van der Waals surface area contributed by atoms with Crippen molar-refractivity contribution < 1.29 is 4.79 Å². The summed E-state index contributed by atoms with van der Waals surface area (Å²) in [6.45, 7) is 1.88. The van der Waals surface area contributed by atoms with E-state index in [0.29, 0.717) is 11.8 Å². The predicted octanol–water partition coefficient (Wildman–Crippen LogP) is 3.14. The van der Waals surface area contributed by atoms with Crippen LogP contribution in [0.3, 0.4) is 0 Å². The van der Waals surface area contributed by atoms with Gasteiger partial charge < -0.3 is 5.32 Å². The van der Waals surface area contributed by atoms with Gasteiger partial charge in [0.15, 0.2) is 0 Å². The standard InChI is InChI=1S/C15H19Cl2NO/c1-15(9-16,10-17)18-14(19)13-7-6-11-4-2-3-5-12(11)8-13/h2-5,13H,6-10H2,1H3,(H,18,19). The van der Waals surface area contributed by atoms with Gasteiger partial charge in [0.2, 0.25) is 5.91 Å². The van der Waals surface area contributed by atoms with Crippen LogP contribution < -0.4 is 5.32 Å². The Balaban J connectivity index is 2.03. The van der Waals surface area contributed by atoms with E-state index in [2.05, 4.69) is 23.5 Å². The second-order valence-electron chi connectivity index (χ2n) is 5.53. The number of halogens is 2. The van der Waals surface area contributed by atoms with Crippen LogP contribution in [0.4, 0.5) is 0 Å². The summed E-state index contributed by atoms with van der Waals surface area (Å²) < 4.78 is 0. The zero-order valence-electron chi connectivity index (χ0n) is 11.1. The Labute approximate surface area is 124 Å². The summed E-state index contributed by atoms with van der Waals surface area (Å²) in [5.74, 6) is 0.746. The van der Waals surface area contributed by atoms with Crippen molar-refractivity contribution >= 4 is 29.1 Å².